The molecule has 5 fully saturated rings. The molecule has 1 aliphatic heterocycles. The summed E-state index contributed by atoms with van der Waals surface area (Å²) in [6.45, 7) is 13.3. The Kier molecular flexibility index (Phi) is 5.24. The highest BCUT2D eigenvalue weighted by molar-refractivity contribution is 5.91. The highest BCUT2D eigenvalue weighted by Gasteiger charge is 2.69. The molecule has 1 spiro atoms. The number of hydrogen-bond acceptors (Lipinski definition) is 2. The van der Waals surface area contributed by atoms with Crippen LogP contribution in [0, 0.1) is 52.3 Å². The van der Waals surface area contributed by atoms with Gasteiger partial charge in [-0.05, 0) is 91.3 Å². The summed E-state index contributed by atoms with van der Waals surface area (Å²) in [4.78, 5) is 12.7. The molecule has 0 aromatic heterocycles. The molecule has 4 saturated carbocycles. The third-order valence-electron chi connectivity index (χ3n) is 11.5. The van der Waals surface area contributed by atoms with Crippen LogP contribution in [0.5, 0.6) is 0 Å². The van der Waals surface area contributed by atoms with E-state index in [0.717, 1.165) is 55.0 Å². The van der Waals surface area contributed by atoms with Crippen LogP contribution in [-0.2, 0) is 9.53 Å². The van der Waals surface area contributed by atoms with E-state index in [1.165, 1.54) is 57.8 Å². The lowest BCUT2D eigenvalue weighted by molar-refractivity contribution is -0.155. The van der Waals surface area contributed by atoms with Crippen molar-refractivity contribution in [2.45, 2.75) is 111 Å². The van der Waals surface area contributed by atoms with Crippen LogP contribution in [0.25, 0.3) is 0 Å². The number of Topliss-reactive ketones (excluding diaryl/α,β-unsaturated/α-hetero) is 1. The molecule has 0 bridgehead atoms. The number of ether oxygens (including phenoxy) is 1. The van der Waals surface area contributed by atoms with Gasteiger partial charge >= 0.3 is 0 Å². The van der Waals surface area contributed by atoms with Gasteiger partial charge in [-0.3, -0.25) is 4.79 Å². The average molecular weight is 415 g/mol. The number of carbonyl (C=O) groups excluding carboxylic acids is 1. The van der Waals surface area contributed by atoms with E-state index in [4.69, 9.17) is 4.74 Å². The second-order valence-corrected chi connectivity index (χ2v) is 13.1. The van der Waals surface area contributed by atoms with Gasteiger partial charge in [0.15, 0.2) is 11.4 Å². The van der Waals surface area contributed by atoms with Crippen molar-refractivity contribution < 1.29 is 9.53 Å². The number of carbonyl (C=O) groups is 1. The van der Waals surface area contributed by atoms with Crippen LogP contribution in [-0.4, -0.2) is 18.0 Å². The first-order valence-electron chi connectivity index (χ1n) is 13.4. The van der Waals surface area contributed by atoms with Crippen molar-refractivity contribution in [1.29, 1.82) is 0 Å². The van der Waals surface area contributed by atoms with Crippen molar-refractivity contribution in [2.24, 2.45) is 52.3 Å². The van der Waals surface area contributed by atoms with Gasteiger partial charge in [0.25, 0.3) is 0 Å². The maximum absolute atomic E-state index is 12.7. The molecule has 9 atom stereocenters. The quantitative estimate of drug-likeness (QED) is 0.451. The van der Waals surface area contributed by atoms with Gasteiger partial charge in [0.05, 0.1) is 6.61 Å². The molecule has 0 aromatic rings. The van der Waals surface area contributed by atoms with E-state index in [-0.39, 0.29) is 5.60 Å². The Morgan fingerprint density at radius 1 is 0.933 bits per heavy atom. The van der Waals surface area contributed by atoms with Crippen LogP contribution in [0.1, 0.15) is 105 Å². The third kappa shape index (κ3) is 3.01. The maximum atomic E-state index is 12.7. The van der Waals surface area contributed by atoms with Gasteiger partial charge in [-0.25, -0.2) is 0 Å². The Bertz CT molecular complexity index is 678. The van der Waals surface area contributed by atoms with Crippen molar-refractivity contribution in [3.8, 4) is 0 Å². The minimum atomic E-state index is -0.345. The summed E-state index contributed by atoms with van der Waals surface area (Å²) >= 11 is 0. The van der Waals surface area contributed by atoms with Gasteiger partial charge in [0, 0.05) is 12.3 Å². The van der Waals surface area contributed by atoms with Crippen molar-refractivity contribution >= 4 is 5.78 Å². The molecular weight excluding hydrogens is 368 g/mol. The van der Waals surface area contributed by atoms with Crippen molar-refractivity contribution in [3.05, 3.63) is 0 Å². The Morgan fingerprint density at radius 2 is 1.67 bits per heavy atom. The van der Waals surface area contributed by atoms with E-state index in [1.807, 2.05) is 0 Å². The van der Waals surface area contributed by atoms with Crippen LogP contribution >= 0.6 is 0 Å². The number of epoxide rings is 1. The Labute approximate surface area is 185 Å². The highest BCUT2D eigenvalue weighted by Crippen LogP contribution is 2.70. The zero-order valence-electron chi connectivity index (χ0n) is 20.3. The van der Waals surface area contributed by atoms with E-state index in [2.05, 4.69) is 34.6 Å². The molecule has 5 aliphatic rings. The standard InChI is InChI=1S/C28H46O2/c1-18(2)7-6-8-19(3)21-10-11-22-20-9-12-24-27(5,23(20)13-15-26(21,22)4)16-14-25(29)28(24)17-30-28/h18-24H,6-17H2,1-5H3/t19-,20+,21-,22+,23+,24-,26-,27-,28+/m1/s1. The minimum absolute atomic E-state index is 0.343. The second-order valence-electron chi connectivity index (χ2n) is 13.1. The lowest BCUT2D eigenvalue weighted by Crippen LogP contribution is -2.59. The second kappa shape index (κ2) is 7.32. The predicted octanol–water partition coefficient (Wildman–Crippen LogP) is 7.06. The van der Waals surface area contributed by atoms with E-state index < -0.39 is 0 Å². The van der Waals surface area contributed by atoms with Gasteiger partial charge in [0.2, 0.25) is 0 Å². The van der Waals surface area contributed by atoms with Gasteiger partial charge in [-0.1, -0.05) is 53.9 Å². The largest absolute Gasteiger partial charge is 0.361 e. The minimum Gasteiger partial charge on any atom is -0.361 e. The topological polar surface area (TPSA) is 29.6 Å². The maximum Gasteiger partial charge on any atom is 0.167 e. The predicted molar refractivity (Wildman–Crippen MR) is 122 cm³/mol. The van der Waals surface area contributed by atoms with E-state index >= 15 is 0 Å². The number of hydrogen-bond donors (Lipinski definition) is 0. The van der Waals surface area contributed by atoms with Crippen molar-refractivity contribution in [1.82, 2.24) is 0 Å². The summed E-state index contributed by atoms with van der Waals surface area (Å²) in [5.41, 5.74) is 0.567. The van der Waals surface area contributed by atoms with Crippen LogP contribution in [0.15, 0.2) is 0 Å². The molecular formula is C28H46O2. The first kappa shape index (κ1) is 21.5. The fraction of sp³-hybridized carbons (Fsp3) is 0.964. The molecule has 2 nitrogen and oxygen atoms in total. The van der Waals surface area contributed by atoms with Crippen LogP contribution in [0.2, 0.25) is 0 Å². The van der Waals surface area contributed by atoms with Crippen molar-refractivity contribution in [3.63, 3.8) is 0 Å². The molecule has 1 heterocycles. The number of ketones is 1. The molecule has 5 rings (SSSR count). The molecule has 0 amide bonds. The van der Waals surface area contributed by atoms with E-state index in [1.54, 1.807) is 0 Å². The molecule has 0 aromatic carbocycles. The zero-order valence-corrected chi connectivity index (χ0v) is 20.3. The fourth-order valence-corrected chi connectivity index (χ4v) is 9.83. The number of fused-ring (bicyclic) bond motifs is 6. The highest BCUT2D eigenvalue weighted by atomic mass is 16.6. The number of rotatable bonds is 5. The van der Waals surface area contributed by atoms with Crippen LogP contribution < -0.4 is 0 Å². The van der Waals surface area contributed by atoms with Crippen LogP contribution in [0.4, 0.5) is 0 Å². The van der Waals surface area contributed by atoms with Gasteiger partial charge < -0.3 is 4.74 Å². The average Bonchev–Trinajstić information content (AvgIpc) is 3.40. The normalized spacial score (nSPS) is 50.9. The summed E-state index contributed by atoms with van der Waals surface area (Å²) in [6, 6.07) is 0. The Hall–Kier alpha value is -0.370. The summed E-state index contributed by atoms with van der Waals surface area (Å²) in [5, 5.41) is 0. The molecule has 0 unspecified atom stereocenters. The van der Waals surface area contributed by atoms with E-state index in [0.29, 0.717) is 22.5 Å². The lowest BCUT2D eigenvalue weighted by Gasteiger charge is -2.61. The Balaban J connectivity index is 1.32. The summed E-state index contributed by atoms with van der Waals surface area (Å²) in [6.07, 6.45) is 14.5. The van der Waals surface area contributed by atoms with E-state index in [9.17, 15) is 4.79 Å². The van der Waals surface area contributed by atoms with Gasteiger partial charge in [0.1, 0.15) is 0 Å². The van der Waals surface area contributed by atoms with Crippen molar-refractivity contribution in [2.75, 3.05) is 6.61 Å². The molecule has 2 heteroatoms. The summed E-state index contributed by atoms with van der Waals surface area (Å²) < 4.78 is 5.92. The molecule has 170 valence electrons. The summed E-state index contributed by atoms with van der Waals surface area (Å²) in [5.74, 6) is 6.27. The van der Waals surface area contributed by atoms with Crippen LogP contribution in [0.3, 0.4) is 0 Å². The smallest absolute Gasteiger partial charge is 0.167 e. The SMILES string of the molecule is CC(C)CCC[C@@H](C)[C@H]1CC[C@H]2[C@@H]3CC[C@@H]4[C@](C)(CCC(=O)[C@]45CO5)[C@H]3CC[C@]12C. The molecule has 1 saturated heterocycles. The molecule has 4 aliphatic carbocycles. The lowest BCUT2D eigenvalue weighted by atomic mass is 9.43. The zero-order chi connectivity index (χ0) is 21.3. The fourth-order valence-electron chi connectivity index (χ4n) is 9.83. The molecule has 30 heavy (non-hydrogen) atoms. The third-order valence-corrected chi connectivity index (χ3v) is 11.5. The Morgan fingerprint density at radius 3 is 2.37 bits per heavy atom. The summed E-state index contributed by atoms with van der Waals surface area (Å²) in [7, 11) is 0. The first-order chi connectivity index (χ1) is 14.2. The molecule has 0 radical (unpaired) electrons. The van der Waals surface area contributed by atoms with Gasteiger partial charge in [-0.15, -0.1) is 0 Å². The van der Waals surface area contributed by atoms with Gasteiger partial charge in [-0.2, -0.15) is 0 Å². The molecule has 0 N–H and O–H groups in total. The first-order valence-corrected chi connectivity index (χ1v) is 13.4. The monoisotopic (exact) mass is 414 g/mol.